The molecule has 1 aromatic rings. The lowest BCUT2D eigenvalue weighted by atomic mass is 10.4. The van der Waals surface area contributed by atoms with Crippen LogP contribution in [0.25, 0.3) is 0 Å². The number of rotatable bonds is 0. The Morgan fingerprint density at radius 3 is 3.00 bits per heavy atom. The molecule has 0 atom stereocenters. The highest BCUT2D eigenvalue weighted by atomic mass is 15.1. The Hall–Kier alpha value is -1.12. The second-order valence-electron chi connectivity index (χ2n) is 2.12. The quantitative estimate of drug-likeness (QED) is 0.478. The fourth-order valence-corrected chi connectivity index (χ4v) is 1.05. The van der Waals surface area contributed by atoms with Crippen LogP contribution < -0.4 is 10.6 Å². The highest BCUT2D eigenvalue weighted by molar-refractivity contribution is 5.66. The minimum atomic E-state index is 1.01. The van der Waals surface area contributed by atoms with E-state index in [0.29, 0.717) is 0 Å². The van der Waals surface area contributed by atoms with Crippen LogP contribution in [0.1, 0.15) is 0 Å². The van der Waals surface area contributed by atoms with E-state index in [1.165, 1.54) is 5.69 Å². The molecule has 0 amide bonds. The number of anilines is 2. The first-order valence-electron chi connectivity index (χ1n) is 3.12. The summed E-state index contributed by atoms with van der Waals surface area (Å²) in [6, 6.07) is 2.03. The maximum Gasteiger partial charge on any atom is 0.127 e. The fraction of sp³-hybridized carbons (Fsp3) is 0.333. The Bertz CT molecular complexity index is 183. The van der Waals surface area contributed by atoms with Crippen molar-refractivity contribution in [3.05, 3.63) is 12.3 Å². The Morgan fingerprint density at radius 2 is 2.11 bits per heavy atom. The van der Waals surface area contributed by atoms with Gasteiger partial charge in [-0.3, -0.25) is 0 Å². The van der Waals surface area contributed by atoms with Crippen LogP contribution in [0.2, 0.25) is 0 Å². The van der Waals surface area contributed by atoms with Gasteiger partial charge in [-0.25, -0.2) is 0 Å². The molecule has 3 N–H and O–H groups in total. The highest BCUT2D eigenvalue weighted by Crippen LogP contribution is 2.20. The Kier molecular flexibility index (Phi) is 0.886. The molecular weight excluding hydrogens is 114 g/mol. The number of aromatic amines is 1. The summed E-state index contributed by atoms with van der Waals surface area (Å²) in [6.07, 6.45) is 1.93. The molecule has 0 radical (unpaired) electrons. The van der Waals surface area contributed by atoms with Crippen molar-refractivity contribution < 1.29 is 0 Å². The Morgan fingerprint density at radius 1 is 1.22 bits per heavy atom. The smallest absolute Gasteiger partial charge is 0.127 e. The third-order valence-electron chi connectivity index (χ3n) is 1.49. The molecule has 2 heterocycles. The molecular formula is C6H9N3. The molecule has 3 nitrogen and oxygen atoms in total. The molecule has 0 aromatic carbocycles. The third-order valence-corrected chi connectivity index (χ3v) is 1.49. The van der Waals surface area contributed by atoms with E-state index in [2.05, 4.69) is 15.6 Å². The first-order chi connectivity index (χ1) is 4.47. The zero-order chi connectivity index (χ0) is 6.10. The van der Waals surface area contributed by atoms with Crippen LogP contribution in [0.4, 0.5) is 11.5 Å². The summed E-state index contributed by atoms with van der Waals surface area (Å²) in [7, 11) is 0. The van der Waals surface area contributed by atoms with Crippen LogP contribution in [0.3, 0.4) is 0 Å². The summed E-state index contributed by atoms with van der Waals surface area (Å²) < 4.78 is 0. The molecule has 0 saturated heterocycles. The van der Waals surface area contributed by atoms with Crippen molar-refractivity contribution in [3.63, 3.8) is 0 Å². The van der Waals surface area contributed by atoms with E-state index in [4.69, 9.17) is 0 Å². The number of hydrogen-bond acceptors (Lipinski definition) is 2. The van der Waals surface area contributed by atoms with Crippen molar-refractivity contribution in [1.82, 2.24) is 4.98 Å². The minimum absolute atomic E-state index is 1.01. The van der Waals surface area contributed by atoms with Gasteiger partial charge in [0.15, 0.2) is 0 Å². The zero-order valence-electron chi connectivity index (χ0n) is 5.07. The van der Waals surface area contributed by atoms with Crippen molar-refractivity contribution in [2.75, 3.05) is 23.7 Å². The molecule has 0 spiro atoms. The number of aromatic nitrogens is 1. The summed E-state index contributed by atoms with van der Waals surface area (Å²) in [5.74, 6) is 1.11. The van der Waals surface area contributed by atoms with E-state index in [1.54, 1.807) is 0 Å². The van der Waals surface area contributed by atoms with E-state index in [0.717, 1.165) is 18.9 Å². The van der Waals surface area contributed by atoms with Gasteiger partial charge >= 0.3 is 0 Å². The lowest BCUT2D eigenvalue weighted by Gasteiger charge is -2.14. The summed E-state index contributed by atoms with van der Waals surface area (Å²) in [4.78, 5) is 3.08. The predicted molar refractivity (Wildman–Crippen MR) is 37.8 cm³/mol. The maximum atomic E-state index is 3.25. The lowest BCUT2D eigenvalue weighted by molar-refractivity contribution is 1.04. The summed E-state index contributed by atoms with van der Waals surface area (Å²) in [5.41, 5.74) is 1.18. The van der Waals surface area contributed by atoms with Crippen molar-refractivity contribution in [2.24, 2.45) is 0 Å². The van der Waals surface area contributed by atoms with Crippen molar-refractivity contribution in [1.29, 1.82) is 0 Å². The van der Waals surface area contributed by atoms with E-state index in [-0.39, 0.29) is 0 Å². The van der Waals surface area contributed by atoms with E-state index in [9.17, 15) is 0 Å². The van der Waals surface area contributed by atoms with Gasteiger partial charge in [-0.2, -0.15) is 0 Å². The van der Waals surface area contributed by atoms with Gasteiger partial charge in [0.25, 0.3) is 0 Å². The molecule has 2 rings (SSSR count). The molecule has 1 aliphatic heterocycles. The minimum Gasteiger partial charge on any atom is -0.380 e. The monoisotopic (exact) mass is 123 g/mol. The van der Waals surface area contributed by atoms with Gasteiger partial charge in [-0.15, -0.1) is 0 Å². The van der Waals surface area contributed by atoms with Crippen molar-refractivity contribution in [2.45, 2.75) is 0 Å². The van der Waals surface area contributed by atoms with E-state index >= 15 is 0 Å². The van der Waals surface area contributed by atoms with E-state index < -0.39 is 0 Å². The topological polar surface area (TPSA) is 39.9 Å². The number of nitrogens with one attached hydrogen (secondary N) is 3. The van der Waals surface area contributed by atoms with Gasteiger partial charge in [0.1, 0.15) is 5.82 Å². The van der Waals surface area contributed by atoms with Crippen LogP contribution >= 0.6 is 0 Å². The molecule has 0 saturated carbocycles. The predicted octanol–water partition coefficient (Wildman–Crippen LogP) is 0.852. The molecule has 1 aliphatic rings. The van der Waals surface area contributed by atoms with Gasteiger partial charge in [0.2, 0.25) is 0 Å². The first-order valence-corrected chi connectivity index (χ1v) is 3.12. The zero-order valence-corrected chi connectivity index (χ0v) is 5.07. The Labute approximate surface area is 53.5 Å². The number of fused-ring (bicyclic) bond motifs is 1. The largest absolute Gasteiger partial charge is 0.380 e. The molecule has 0 bridgehead atoms. The highest BCUT2D eigenvalue weighted by Gasteiger charge is 2.05. The Balaban J connectivity index is 2.39. The molecule has 48 valence electrons. The molecule has 0 unspecified atom stereocenters. The normalized spacial score (nSPS) is 15.6. The van der Waals surface area contributed by atoms with Gasteiger partial charge in [-0.1, -0.05) is 0 Å². The average molecular weight is 123 g/mol. The van der Waals surface area contributed by atoms with Gasteiger partial charge in [0, 0.05) is 19.3 Å². The molecule has 0 fully saturated rings. The van der Waals surface area contributed by atoms with Crippen molar-refractivity contribution in [3.8, 4) is 0 Å². The molecule has 0 aliphatic carbocycles. The number of hydrogen-bond donors (Lipinski definition) is 3. The van der Waals surface area contributed by atoms with Gasteiger partial charge in [0.05, 0.1) is 5.69 Å². The van der Waals surface area contributed by atoms with Gasteiger partial charge < -0.3 is 15.6 Å². The SMILES string of the molecule is c1cc2c([nH]1)NCCN2. The molecule has 9 heavy (non-hydrogen) atoms. The third kappa shape index (κ3) is 0.650. The van der Waals surface area contributed by atoms with Crippen LogP contribution in [0.5, 0.6) is 0 Å². The molecule has 1 aromatic heterocycles. The second-order valence-corrected chi connectivity index (χ2v) is 2.12. The summed E-state index contributed by atoms with van der Waals surface area (Å²) >= 11 is 0. The summed E-state index contributed by atoms with van der Waals surface area (Å²) in [6.45, 7) is 2.03. The lowest BCUT2D eigenvalue weighted by Crippen LogP contribution is -2.19. The summed E-state index contributed by atoms with van der Waals surface area (Å²) in [5, 5.41) is 6.47. The van der Waals surface area contributed by atoms with Gasteiger partial charge in [-0.05, 0) is 6.07 Å². The van der Waals surface area contributed by atoms with Crippen molar-refractivity contribution >= 4 is 11.5 Å². The first kappa shape index (κ1) is 4.73. The molecule has 3 heteroatoms. The van der Waals surface area contributed by atoms with Crippen LogP contribution in [0, 0.1) is 0 Å². The van der Waals surface area contributed by atoms with E-state index in [1.807, 2.05) is 12.3 Å². The van der Waals surface area contributed by atoms with Crippen LogP contribution in [-0.4, -0.2) is 18.1 Å². The van der Waals surface area contributed by atoms with Crippen LogP contribution in [-0.2, 0) is 0 Å². The second kappa shape index (κ2) is 1.69. The fourth-order valence-electron chi connectivity index (χ4n) is 1.05. The standard InChI is InChI=1S/C6H9N3/c1-2-8-6-5(1)7-3-4-9-6/h1-2,7-9H,3-4H2. The maximum absolute atomic E-state index is 3.25. The average Bonchev–Trinajstić information content (AvgIpc) is 2.33. The number of H-pyrrole nitrogens is 1. The van der Waals surface area contributed by atoms with Crippen LogP contribution in [0.15, 0.2) is 12.3 Å².